The van der Waals surface area contributed by atoms with Gasteiger partial charge in [0, 0.05) is 0 Å². The summed E-state index contributed by atoms with van der Waals surface area (Å²) in [7, 11) is 7.42. The zero-order chi connectivity index (χ0) is 18.1. The highest BCUT2D eigenvalue weighted by Crippen LogP contribution is 2.44. The topological polar surface area (TPSA) is 76.4 Å². The van der Waals surface area contributed by atoms with E-state index in [4.69, 9.17) is 28.1 Å². The zero-order valence-electron chi connectivity index (χ0n) is 14.6. The van der Waals surface area contributed by atoms with Crippen molar-refractivity contribution in [3.05, 3.63) is 28.4 Å². The molecule has 0 aliphatic rings. The molecule has 0 saturated heterocycles. The molecule has 0 aliphatic carbocycles. The summed E-state index contributed by atoms with van der Waals surface area (Å²) in [5.41, 5.74) is 0.269. The Hall–Kier alpha value is -3.09. The molecule has 2 aromatic carbocycles. The lowest BCUT2D eigenvalue weighted by atomic mass is 10.1. The van der Waals surface area contributed by atoms with Gasteiger partial charge in [-0.1, -0.05) is 0 Å². The van der Waals surface area contributed by atoms with Crippen molar-refractivity contribution < 1.29 is 28.1 Å². The van der Waals surface area contributed by atoms with E-state index in [-0.39, 0.29) is 22.3 Å². The van der Waals surface area contributed by atoms with E-state index in [0.29, 0.717) is 33.8 Å². The van der Waals surface area contributed by atoms with Crippen LogP contribution in [0.2, 0.25) is 0 Å². The highest BCUT2D eigenvalue weighted by Gasteiger charge is 2.23. The zero-order valence-corrected chi connectivity index (χ0v) is 14.6. The number of hydrogen-bond donors (Lipinski definition) is 0. The van der Waals surface area contributed by atoms with E-state index in [1.54, 1.807) is 18.2 Å². The van der Waals surface area contributed by atoms with Gasteiger partial charge in [0.25, 0.3) is 0 Å². The Kier molecular flexibility index (Phi) is 4.31. The summed E-state index contributed by atoms with van der Waals surface area (Å²) >= 11 is 0. The second-order valence-electron chi connectivity index (χ2n) is 5.13. The Morgan fingerprint density at radius 1 is 0.680 bits per heavy atom. The monoisotopic (exact) mass is 346 g/mol. The van der Waals surface area contributed by atoms with Crippen LogP contribution < -0.4 is 29.1 Å². The normalized spacial score (nSPS) is 10.8. The molecule has 0 unspecified atom stereocenters. The predicted octanol–water partition coefficient (Wildman–Crippen LogP) is 2.99. The maximum atomic E-state index is 13.0. The maximum absolute atomic E-state index is 13.0. The van der Waals surface area contributed by atoms with Crippen molar-refractivity contribution in [3.63, 3.8) is 0 Å². The molecule has 0 aliphatic heterocycles. The molecule has 7 nitrogen and oxygen atoms in total. The van der Waals surface area contributed by atoms with Gasteiger partial charge in [-0.15, -0.1) is 0 Å². The molecular weight excluding hydrogens is 328 g/mol. The first-order valence-corrected chi connectivity index (χ1v) is 7.41. The lowest BCUT2D eigenvalue weighted by Crippen LogP contribution is -2.06. The third-order valence-corrected chi connectivity index (χ3v) is 3.98. The van der Waals surface area contributed by atoms with Crippen LogP contribution in [0.25, 0.3) is 21.9 Å². The van der Waals surface area contributed by atoms with Crippen LogP contribution in [0.5, 0.6) is 28.7 Å². The smallest absolute Gasteiger partial charge is 0.208 e. The van der Waals surface area contributed by atoms with Gasteiger partial charge in [0.05, 0.1) is 46.3 Å². The first-order chi connectivity index (χ1) is 12.1. The van der Waals surface area contributed by atoms with Crippen molar-refractivity contribution >= 4 is 21.9 Å². The molecule has 0 bridgehead atoms. The predicted molar refractivity (Wildman–Crippen MR) is 92.8 cm³/mol. The van der Waals surface area contributed by atoms with Crippen molar-refractivity contribution in [1.29, 1.82) is 0 Å². The molecule has 0 saturated carbocycles. The fraction of sp³-hybridized carbons (Fsp3) is 0.278. The molecular formula is C18H18O7. The Morgan fingerprint density at radius 3 is 1.84 bits per heavy atom. The molecule has 0 radical (unpaired) electrons. The fourth-order valence-corrected chi connectivity index (χ4v) is 2.83. The fourth-order valence-electron chi connectivity index (χ4n) is 2.83. The Balaban J connectivity index is 2.56. The van der Waals surface area contributed by atoms with Gasteiger partial charge in [0.2, 0.25) is 22.7 Å². The largest absolute Gasteiger partial charge is 0.493 e. The Labute approximate surface area is 143 Å². The van der Waals surface area contributed by atoms with E-state index < -0.39 is 0 Å². The summed E-state index contributed by atoms with van der Waals surface area (Å²) in [5, 5.41) is 0.675. The third-order valence-electron chi connectivity index (χ3n) is 3.98. The van der Waals surface area contributed by atoms with Crippen molar-refractivity contribution in [2.45, 2.75) is 0 Å². The molecule has 7 heteroatoms. The van der Waals surface area contributed by atoms with Crippen LogP contribution in [0.1, 0.15) is 0 Å². The average molecular weight is 346 g/mol. The van der Waals surface area contributed by atoms with Gasteiger partial charge in [0.1, 0.15) is 0 Å². The third kappa shape index (κ3) is 2.39. The number of fused-ring (bicyclic) bond motifs is 2. The summed E-state index contributed by atoms with van der Waals surface area (Å²) in [4.78, 5) is 13.0. The molecule has 3 aromatic rings. The number of hydrogen-bond acceptors (Lipinski definition) is 7. The summed E-state index contributed by atoms with van der Waals surface area (Å²) < 4.78 is 32.7. The van der Waals surface area contributed by atoms with Crippen molar-refractivity contribution in [1.82, 2.24) is 0 Å². The van der Waals surface area contributed by atoms with Gasteiger partial charge in [0.15, 0.2) is 22.7 Å². The van der Waals surface area contributed by atoms with Crippen LogP contribution in [0, 0.1) is 0 Å². The van der Waals surface area contributed by atoms with Crippen LogP contribution in [0.3, 0.4) is 0 Å². The molecule has 0 fully saturated rings. The molecule has 0 spiro atoms. The molecule has 1 heterocycles. The van der Waals surface area contributed by atoms with E-state index >= 15 is 0 Å². The second kappa shape index (κ2) is 6.43. The van der Waals surface area contributed by atoms with Crippen LogP contribution in [0.4, 0.5) is 0 Å². The summed E-state index contributed by atoms with van der Waals surface area (Å²) in [6.45, 7) is 0. The van der Waals surface area contributed by atoms with Crippen molar-refractivity contribution in [2.24, 2.45) is 0 Å². The average Bonchev–Trinajstić information content (AvgIpc) is 2.65. The highest BCUT2D eigenvalue weighted by atomic mass is 16.5. The minimum atomic E-state index is -0.239. The van der Waals surface area contributed by atoms with Gasteiger partial charge in [-0.2, -0.15) is 0 Å². The number of ether oxygens (including phenoxy) is 5. The standard InChI is InChI=1S/C18H18O7/c1-20-11-7-6-9-13(19)10-8-12(21-2)17(23-4)18(24-5)15(10)25-14(9)16(11)22-3/h6-8H,1-5H3. The molecule has 132 valence electrons. The van der Waals surface area contributed by atoms with E-state index in [2.05, 4.69) is 0 Å². The second-order valence-corrected chi connectivity index (χ2v) is 5.13. The van der Waals surface area contributed by atoms with E-state index in [0.717, 1.165) is 0 Å². The minimum absolute atomic E-state index is 0.239. The summed E-state index contributed by atoms with van der Waals surface area (Å²) in [5.74, 6) is 1.76. The first-order valence-electron chi connectivity index (χ1n) is 7.41. The summed E-state index contributed by atoms with van der Waals surface area (Å²) in [6.07, 6.45) is 0. The lowest BCUT2D eigenvalue weighted by molar-refractivity contribution is 0.323. The van der Waals surface area contributed by atoms with E-state index in [1.165, 1.54) is 35.5 Å². The highest BCUT2D eigenvalue weighted by molar-refractivity contribution is 5.97. The van der Waals surface area contributed by atoms with Gasteiger partial charge in [-0.25, -0.2) is 0 Å². The molecule has 25 heavy (non-hydrogen) atoms. The van der Waals surface area contributed by atoms with Gasteiger partial charge in [-0.3, -0.25) is 4.79 Å². The van der Waals surface area contributed by atoms with Crippen LogP contribution in [-0.2, 0) is 0 Å². The Morgan fingerprint density at radius 2 is 1.28 bits per heavy atom. The van der Waals surface area contributed by atoms with Gasteiger partial charge >= 0.3 is 0 Å². The van der Waals surface area contributed by atoms with Crippen LogP contribution >= 0.6 is 0 Å². The SMILES string of the molecule is COc1cc2c(=O)c3ccc(OC)c(OC)c3oc2c(OC)c1OC. The summed E-state index contributed by atoms with van der Waals surface area (Å²) in [6, 6.07) is 4.85. The van der Waals surface area contributed by atoms with Gasteiger partial charge < -0.3 is 28.1 Å². The number of benzene rings is 2. The van der Waals surface area contributed by atoms with Crippen LogP contribution in [-0.4, -0.2) is 35.5 Å². The molecule has 1 aromatic heterocycles. The van der Waals surface area contributed by atoms with Crippen LogP contribution in [0.15, 0.2) is 27.4 Å². The van der Waals surface area contributed by atoms with E-state index in [1.807, 2.05) is 0 Å². The first kappa shape index (κ1) is 16.8. The maximum Gasteiger partial charge on any atom is 0.208 e. The minimum Gasteiger partial charge on any atom is -0.493 e. The van der Waals surface area contributed by atoms with E-state index in [9.17, 15) is 4.79 Å². The van der Waals surface area contributed by atoms with Gasteiger partial charge in [-0.05, 0) is 18.2 Å². The molecule has 0 amide bonds. The number of methoxy groups -OCH3 is 5. The quantitative estimate of drug-likeness (QED) is 0.657. The Bertz CT molecular complexity index is 1000. The van der Waals surface area contributed by atoms with Crippen molar-refractivity contribution in [3.8, 4) is 28.7 Å². The molecule has 0 atom stereocenters. The number of rotatable bonds is 5. The van der Waals surface area contributed by atoms with Crippen molar-refractivity contribution in [2.75, 3.05) is 35.5 Å². The molecule has 3 rings (SSSR count). The lowest BCUT2D eigenvalue weighted by Gasteiger charge is -2.15. The molecule has 0 N–H and O–H groups in total.